The third-order valence-corrected chi connectivity index (χ3v) is 3.76. The Balaban J connectivity index is 1.85. The molecule has 3 atom stereocenters. The van der Waals surface area contributed by atoms with Gasteiger partial charge in [-0.15, -0.1) is 0 Å². The molecule has 1 aromatic heterocycles. The minimum absolute atomic E-state index is 0.361. The molecule has 3 heterocycles. The quantitative estimate of drug-likeness (QED) is 0.781. The lowest BCUT2D eigenvalue weighted by atomic mass is 9.79. The van der Waals surface area contributed by atoms with E-state index in [2.05, 4.69) is 33.2 Å². The van der Waals surface area contributed by atoms with Crippen LogP contribution in [-0.2, 0) is 0 Å². The van der Waals surface area contributed by atoms with Crippen LogP contribution in [0.4, 0.5) is 0 Å². The van der Waals surface area contributed by atoms with Crippen molar-refractivity contribution in [2.45, 2.75) is 24.8 Å². The van der Waals surface area contributed by atoms with E-state index in [0.29, 0.717) is 17.9 Å². The molecule has 1 aromatic rings. The van der Waals surface area contributed by atoms with Crippen LogP contribution in [-0.4, -0.2) is 30.0 Å². The summed E-state index contributed by atoms with van der Waals surface area (Å²) in [7, 11) is 0. The van der Waals surface area contributed by atoms with Gasteiger partial charge >= 0.3 is 0 Å². The van der Waals surface area contributed by atoms with Crippen LogP contribution in [0.15, 0.2) is 46.5 Å². The number of hydrogen-bond donors (Lipinski definition) is 0. The number of hydrogen-bond acceptors (Lipinski definition) is 3. The summed E-state index contributed by atoms with van der Waals surface area (Å²) in [6.07, 6.45) is 12.1. The molecule has 3 heteroatoms. The molecule has 0 amide bonds. The molecule has 0 aromatic carbocycles. The predicted molar refractivity (Wildman–Crippen MR) is 74.5 cm³/mol. The largest absolute Gasteiger partial charge is 0.297 e. The van der Waals surface area contributed by atoms with Gasteiger partial charge in [-0.2, -0.15) is 0 Å². The molecular formula is C15H17N3. The Labute approximate surface area is 107 Å². The highest BCUT2D eigenvalue weighted by Crippen LogP contribution is 2.34. The van der Waals surface area contributed by atoms with Gasteiger partial charge < -0.3 is 0 Å². The maximum absolute atomic E-state index is 4.62. The lowest BCUT2D eigenvalue weighted by molar-refractivity contribution is 0.351. The Kier molecular flexibility index (Phi) is 3.31. The summed E-state index contributed by atoms with van der Waals surface area (Å²) in [6, 6.07) is 6.52. The van der Waals surface area contributed by atoms with Crippen LogP contribution in [0.25, 0.3) is 0 Å². The topological polar surface area (TPSA) is 37.6 Å². The molecule has 0 bridgehead atoms. The van der Waals surface area contributed by atoms with E-state index in [9.17, 15) is 0 Å². The molecule has 3 rings (SSSR count). The summed E-state index contributed by atoms with van der Waals surface area (Å²) >= 11 is 0. The summed E-state index contributed by atoms with van der Waals surface area (Å²) in [5.74, 6) is 0.934. The van der Waals surface area contributed by atoms with E-state index in [1.165, 1.54) is 5.69 Å². The van der Waals surface area contributed by atoms with E-state index < -0.39 is 0 Å². The molecule has 0 aliphatic carbocycles. The average Bonchev–Trinajstić information content (AvgIpc) is 2.49. The summed E-state index contributed by atoms with van der Waals surface area (Å²) < 4.78 is 0. The zero-order chi connectivity index (χ0) is 12.2. The summed E-state index contributed by atoms with van der Waals surface area (Å²) in [5.41, 5.74) is 1.18. The highest BCUT2D eigenvalue weighted by molar-refractivity contribution is 5.72. The van der Waals surface area contributed by atoms with Gasteiger partial charge in [-0.25, -0.2) is 0 Å². The molecule has 0 saturated carbocycles. The second kappa shape index (κ2) is 5.25. The van der Waals surface area contributed by atoms with Gasteiger partial charge in [0.05, 0.1) is 6.04 Å². The smallest absolute Gasteiger partial charge is 0.0586 e. The number of nitrogens with zero attached hydrogens (tertiary/aromatic N) is 3. The molecule has 3 unspecified atom stereocenters. The molecular weight excluding hydrogens is 222 g/mol. The minimum atomic E-state index is 0.361. The zero-order valence-corrected chi connectivity index (χ0v) is 10.3. The molecule has 18 heavy (non-hydrogen) atoms. The highest BCUT2D eigenvalue weighted by Gasteiger charge is 2.32. The molecule has 3 nitrogen and oxygen atoms in total. The van der Waals surface area contributed by atoms with Crippen molar-refractivity contribution in [1.82, 2.24) is 4.98 Å². The lowest BCUT2D eigenvalue weighted by Crippen LogP contribution is -2.31. The van der Waals surface area contributed by atoms with Crippen LogP contribution < -0.4 is 0 Å². The summed E-state index contributed by atoms with van der Waals surface area (Å²) in [5, 5.41) is 0. The average molecular weight is 239 g/mol. The van der Waals surface area contributed by atoms with Crippen molar-refractivity contribution in [3.05, 3.63) is 42.2 Å². The minimum Gasteiger partial charge on any atom is -0.297 e. The molecule has 92 valence electrons. The number of aromatic nitrogens is 1. The van der Waals surface area contributed by atoms with Crippen LogP contribution in [0.5, 0.6) is 0 Å². The Bertz CT molecular complexity index is 476. The van der Waals surface area contributed by atoms with Gasteiger partial charge in [0, 0.05) is 36.5 Å². The van der Waals surface area contributed by atoms with E-state index >= 15 is 0 Å². The Morgan fingerprint density at radius 1 is 1.17 bits per heavy atom. The SMILES string of the molecule is C1=CCC(C2CN=CCC2c2ccccn2)N=C1. The number of rotatable bonds is 2. The van der Waals surface area contributed by atoms with Crippen LogP contribution in [0.3, 0.4) is 0 Å². The molecule has 0 saturated heterocycles. The Morgan fingerprint density at radius 2 is 2.17 bits per heavy atom. The normalized spacial score (nSPS) is 30.6. The standard InChI is InChI=1S/C15H17N3/c1-3-8-17-14(5-1)12-7-10-16-11-13(12)15-6-2-4-9-18-15/h1-5,8-10,12-13,15H,6-7,11H2. The first kappa shape index (κ1) is 11.3. The van der Waals surface area contributed by atoms with Gasteiger partial charge in [0.2, 0.25) is 0 Å². The van der Waals surface area contributed by atoms with E-state index in [1.807, 2.05) is 30.8 Å². The maximum Gasteiger partial charge on any atom is 0.0586 e. The van der Waals surface area contributed by atoms with Crippen LogP contribution >= 0.6 is 0 Å². The van der Waals surface area contributed by atoms with Gasteiger partial charge in [-0.1, -0.05) is 12.1 Å². The van der Waals surface area contributed by atoms with Crippen molar-refractivity contribution in [3.8, 4) is 0 Å². The lowest BCUT2D eigenvalue weighted by Gasteiger charge is -2.32. The molecule has 0 N–H and O–H groups in total. The predicted octanol–water partition coefficient (Wildman–Crippen LogP) is 2.66. The fourth-order valence-corrected chi connectivity index (χ4v) is 2.80. The molecule has 0 fully saturated rings. The Hall–Kier alpha value is -1.77. The van der Waals surface area contributed by atoms with Crippen molar-refractivity contribution >= 4 is 12.4 Å². The van der Waals surface area contributed by atoms with Crippen molar-refractivity contribution in [2.24, 2.45) is 15.9 Å². The summed E-state index contributed by atoms with van der Waals surface area (Å²) in [4.78, 5) is 13.6. The van der Waals surface area contributed by atoms with Crippen LogP contribution in [0.2, 0.25) is 0 Å². The summed E-state index contributed by atoms with van der Waals surface area (Å²) in [6.45, 7) is 0.872. The maximum atomic E-state index is 4.62. The first-order valence-electron chi connectivity index (χ1n) is 6.52. The third kappa shape index (κ3) is 2.26. The van der Waals surface area contributed by atoms with Crippen molar-refractivity contribution < 1.29 is 0 Å². The third-order valence-electron chi connectivity index (χ3n) is 3.76. The van der Waals surface area contributed by atoms with E-state index in [4.69, 9.17) is 0 Å². The number of pyridine rings is 1. The monoisotopic (exact) mass is 239 g/mol. The van der Waals surface area contributed by atoms with Gasteiger partial charge in [-0.3, -0.25) is 15.0 Å². The van der Waals surface area contributed by atoms with Crippen LogP contribution in [0, 0.1) is 5.92 Å². The Morgan fingerprint density at radius 3 is 2.94 bits per heavy atom. The molecule has 2 aliphatic rings. The van der Waals surface area contributed by atoms with Crippen molar-refractivity contribution in [1.29, 1.82) is 0 Å². The van der Waals surface area contributed by atoms with Gasteiger partial charge in [0.1, 0.15) is 0 Å². The van der Waals surface area contributed by atoms with Gasteiger partial charge in [0.25, 0.3) is 0 Å². The fourth-order valence-electron chi connectivity index (χ4n) is 2.80. The first-order chi connectivity index (χ1) is 8.95. The molecule has 2 aliphatic heterocycles. The van der Waals surface area contributed by atoms with Crippen LogP contribution in [0.1, 0.15) is 24.5 Å². The molecule has 0 spiro atoms. The first-order valence-corrected chi connectivity index (χ1v) is 6.52. The number of allylic oxidation sites excluding steroid dienone is 1. The number of dihydropyridines is 1. The van der Waals surface area contributed by atoms with E-state index in [-0.39, 0.29) is 0 Å². The van der Waals surface area contributed by atoms with E-state index in [0.717, 1.165) is 19.4 Å². The zero-order valence-electron chi connectivity index (χ0n) is 10.3. The molecule has 0 radical (unpaired) electrons. The van der Waals surface area contributed by atoms with Gasteiger partial charge in [-0.05, 0) is 37.3 Å². The van der Waals surface area contributed by atoms with E-state index in [1.54, 1.807) is 0 Å². The van der Waals surface area contributed by atoms with Crippen molar-refractivity contribution in [3.63, 3.8) is 0 Å². The fraction of sp³-hybridized carbons (Fsp3) is 0.400. The van der Waals surface area contributed by atoms with Crippen molar-refractivity contribution in [2.75, 3.05) is 6.54 Å². The highest BCUT2D eigenvalue weighted by atomic mass is 14.8. The van der Waals surface area contributed by atoms with Gasteiger partial charge in [0.15, 0.2) is 0 Å². The second-order valence-electron chi connectivity index (χ2n) is 4.84. The number of aliphatic imine (C=N–C) groups is 2. The second-order valence-corrected chi connectivity index (χ2v) is 4.84.